The lowest BCUT2D eigenvalue weighted by molar-refractivity contribution is 0.0935. The summed E-state index contributed by atoms with van der Waals surface area (Å²) in [4.78, 5) is 16.9. The second-order valence-electron chi connectivity index (χ2n) is 3.70. The molecule has 94 valence electrons. The van der Waals surface area contributed by atoms with Gasteiger partial charge in [0, 0.05) is 16.1 Å². The van der Waals surface area contributed by atoms with E-state index in [1.54, 1.807) is 6.07 Å². The monoisotopic (exact) mass is 300 g/mol. The van der Waals surface area contributed by atoms with E-state index in [-0.39, 0.29) is 11.9 Å². The molecule has 6 heteroatoms. The Morgan fingerprint density at radius 3 is 2.78 bits per heavy atom. The van der Waals surface area contributed by atoms with Gasteiger partial charge >= 0.3 is 0 Å². The molecule has 0 aliphatic heterocycles. The van der Waals surface area contributed by atoms with Crippen LogP contribution in [0.25, 0.3) is 0 Å². The van der Waals surface area contributed by atoms with Gasteiger partial charge in [-0.25, -0.2) is 0 Å². The highest BCUT2D eigenvalue weighted by atomic mass is 35.5. The highest BCUT2D eigenvalue weighted by Gasteiger charge is 2.14. The summed E-state index contributed by atoms with van der Waals surface area (Å²) in [6, 6.07) is 6.74. The number of hydrogen-bond donors (Lipinski definition) is 1. The van der Waals surface area contributed by atoms with Crippen molar-refractivity contribution in [3.63, 3.8) is 0 Å². The van der Waals surface area contributed by atoms with Gasteiger partial charge in [-0.1, -0.05) is 23.2 Å². The molecule has 18 heavy (non-hydrogen) atoms. The van der Waals surface area contributed by atoms with Crippen molar-refractivity contribution in [1.82, 2.24) is 10.3 Å². The van der Waals surface area contributed by atoms with Gasteiger partial charge in [-0.3, -0.25) is 9.78 Å². The second-order valence-corrected chi connectivity index (χ2v) is 5.88. The van der Waals surface area contributed by atoms with Crippen LogP contribution in [0, 0.1) is 0 Å². The molecular weight excluding hydrogens is 291 g/mol. The van der Waals surface area contributed by atoms with Crippen LogP contribution in [0.4, 0.5) is 0 Å². The molecule has 2 aromatic rings. The molecule has 1 atom stereocenters. The number of hydrogen-bond acceptors (Lipinski definition) is 3. The largest absolute Gasteiger partial charge is 0.343 e. The Morgan fingerprint density at radius 1 is 1.39 bits per heavy atom. The molecule has 0 aliphatic rings. The summed E-state index contributed by atoms with van der Waals surface area (Å²) in [5, 5.41) is 3.33. The summed E-state index contributed by atoms with van der Waals surface area (Å²) in [6.07, 6.45) is 1.50. The average Bonchev–Trinajstić information content (AvgIpc) is 2.76. The number of aromatic nitrogens is 1. The molecule has 0 saturated heterocycles. The summed E-state index contributed by atoms with van der Waals surface area (Å²) < 4.78 is 0.701. The summed E-state index contributed by atoms with van der Waals surface area (Å²) in [5.41, 5.74) is 0.303. The minimum atomic E-state index is -0.255. The fraction of sp³-hybridized carbons (Fsp3) is 0.167. The maximum atomic E-state index is 11.9. The molecule has 0 saturated carbocycles. The molecule has 0 bridgehead atoms. The normalized spacial score (nSPS) is 12.2. The SMILES string of the molecule is C[C@H](NC(=O)c1cc(Cl)ccn1)c1ccc(Cl)s1. The van der Waals surface area contributed by atoms with Crippen LogP contribution in [0.2, 0.25) is 9.36 Å². The Kier molecular flexibility index (Phi) is 4.22. The van der Waals surface area contributed by atoms with Crippen molar-refractivity contribution in [2.75, 3.05) is 0 Å². The first kappa shape index (κ1) is 13.3. The van der Waals surface area contributed by atoms with E-state index in [1.807, 2.05) is 19.1 Å². The third-order valence-corrected chi connectivity index (χ3v) is 3.97. The van der Waals surface area contributed by atoms with E-state index in [0.717, 1.165) is 4.88 Å². The van der Waals surface area contributed by atoms with Crippen LogP contribution in [-0.2, 0) is 0 Å². The molecule has 0 radical (unpaired) electrons. The van der Waals surface area contributed by atoms with E-state index < -0.39 is 0 Å². The van der Waals surface area contributed by atoms with Gasteiger partial charge in [0.05, 0.1) is 10.4 Å². The minimum Gasteiger partial charge on any atom is -0.343 e. The van der Waals surface area contributed by atoms with E-state index in [4.69, 9.17) is 23.2 Å². The van der Waals surface area contributed by atoms with Crippen LogP contribution >= 0.6 is 34.5 Å². The molecule has 0 aromatic carbocycles. The van der Waals surface area contributed by atoms with Gasteiger partial charge in [-0.05, 0) is 31.2 Å². The lowest BCUT2D eigenvalue weighted by Gasteiger charge is -2.11. The lowest BCUT2D eigenvalue weighted by Crippen LogP contribution is -2.26. The van der Waals surface area contributed by atoms with Crippen molar-refractivity contribution in [1.29, 1.82) is 0 Å². The van der Waals surface area contributed by atoms with Crippen LogP contribution < -0.4 is 5.32 Å². The fourth-order valence-electron chi connectivity index (χ4n) is 1.43. The molecule has 1 N–H and O–H groups in total. The van der Waals surface area contributed by atoms with E-state index in [0.29, 0.717) is 15.1 Å². The Labute approximate surface area is 119 Å². The second kappa shape index (κ2) is 5.69. The van der Waals surface area contributed by atoms with E-state index in [2.05, 4.69) is 10.3 Å². The Hall–Kier alpha value is -1.10. The maximum absolute atomic E-state index is 11.9. The lowest BCUT2D eigenvalue weighted by atomic mass is 10.2. The Balaban J connectivity index is 2.08. The predicted molar refractivity (Wildman–Crippen MR) is 74.5 cm³/mol. The van der Waals surface area contributed by atoms with Gasteiger partial charge in [-0.15, -0.1) is 11.3 Å². The predicted octanol–water partition coefficient (Wildman–Crippen LogP) is 3.94. The minimum absolute atomic E-state index is 0.115. The van der Waals surface area contributed by atoms with Gasteiger partial charge in [0.25, 0.3) is 5.91 Å². The Bertz CT molecular complexity index is 571. The summed E-state index contributed by atoms with van der Waals surface area (Å²) >= 11 is 13.1. The highest BCUT2D eigenvalue weighted by Crippen LogP contribution is 2.26. The quantitative estimate of drug-likeness (QED) is 0.933. The van der Waals surface area contributed by atoms with Crippen molar-refractivity contribution >= 4 is 40.4 Å². The molecule has 1 amide bonds. The third kappa shape index (κ3) is 3.22. The molecule has 2 aromatic heterocycles. The topological polar surface area (TPSA) is 42.0 Å². The number of nitrogens with zero attached hydrogens (tertiary/aromatic N) is 1. The van der Waals surface area contributed by atoms with E-state index >= 15 is 0 Å². The molecule has 0 unspecified atom stereocenters. The van der Waals surface area contributed by atoms with Crippen LogP contribution in [0.1, 0.15) is 28.3 Å². The number of carbonyl (C=O) groups excluding carboxylic acids is 1. The van der Waals surface area contributed by atoms with Crippen LogP contribution in [0.5, 0.6) is 0 Å². The molecule has 2 heterocycles. The number of halogens is 2. The molecule has 0 aliphatic carbocycles. The average molecular weight is 301 g/mol. The zero-order chi connectivity index (χ0) is 13.1. The zero-order valence-corrected chi connectivity index (χ0v) is 11.8. The van der Waals surface area contributed by atoms with Crippen LogP contribution in [-0.4, -0.2) is 10.9 Å². The first-order valence-corrected chi connectivity index (χ1v) is 6.81. The zero-order valence-electron chi connectivity index (χ0n) is 9.48. The van der Waals surface area contributed by atoms with Crippen molar-refractivity contribution in [2.24, 2.45) is 0 Å². The van der Waals surface area contributed by atoms with Crippen molar-refractivity contribution in [2.45, 2.75) is 13.0 Å². The number of amides is 1. The number of thiophene rings is 1. The van der Waals surface area contributed by atoms with Gasteiger partial charge in [-0.2, -0.15) is 0 Å². The summed E-state index contributed by atoms with van der Waals surface area (Å²) in [6.45, 7) is 1.89. The number of nitrogens with one attached hydrogen (secondary N) is 1. The van der Waals surface area contributed by atoms with E-state index in [1.165, 1.54) is 23.6 Å². The number of pyridine rings is 1. The van der Waals surface area contributed by atoms with E-state index in [9.17, 15) is 4.79 Å². The van der Waals surface area contributed by atoms with Gasteiger partial charge in [0.1, 0.15) is 5.69 Å². The molecular formula is C12H10Cl2N2OS. The third-order valence-electron chi connectivity index (χ3n) is 2.32. The first-order valence-electron chi connectivity index (χ1n) is 5.24. The van der Waals surface area contributed by atoms with Gasteiger partial charge in [0.2, 0.25) is 0 Å². The standard InChI is InChI=1S/C12H10Cl2N2OS/c1-7(10-2-3-11(14)18-10)16-12(17)9-6-8(13)4-5-15-9/h2-7H,1H3,(H,16,17)/t7-/m0/s1. The molecule has 0 fully saturated rings. The Morgan fingerprint density at radius 2 is 2.17 bits per heavy atom. The first-order chi connectivity index (χ1) is 8.56. The molecule has 2 rings (SSSR count). The maximum Gasteiger partial charge on any atom is 0.270 e. The molecule has 0 spiro atoms. The summed E-state index contributed by atoms with van der Waals surface area (Å²) in [7, 11) is 0. The van der Waals surface area contributed by atoms with Crippen molar-refractivity contribution in [3.8, 4) is 0 Å². The highest BCUT2D eigenvalue weighted by molar-refractivity contribution is 7.16. The fourth-order valence-corrected chi connectivity index (χ4v) is 2.65. The number of rotatable bonds is 3. The smallest absolute Gasteiger partial charge is 0.270 e. The molecule has 3 nitrogen and oxygen atoms in total. The number of carbonyl (C=O) groups is 1. The van der Waals surface area contributed by atoms with Crippen molar-refractivity contribution in [3.05, 3.63) is 50.4 Å². The summed E-state index contributed by atoms with van der Waals surface area (Å²) in [5.74, 6) is -0.255. The van der Waals surface area contributed by atoms with Crippen LogP contribution in [0.3, 0.4) is 0 Å². The van der Waals surface area contributed by atoms with Gasteiger partial charge in [0.15, 0.2) is 0 Å². The van der Waals surface area contributed by atoms with Crippen LogP contribution in [0.15, 0.2) is 30.5 Å². The van der Waals surface area contributed by atoms with Crippen molar-refractivity contribution < 1.29 is 4.79 Å². The van der Waals surface area contributed by atoms with Gasteiger partial charge < -0.3 is 5.32 Å².